The molecule has 1 atom stereocenters. The fraction of sp³-hybridized carbons (Fsp3) is 0.214. The van der Waals surface area contributed by atoms with Gasteiger partial charge in [-0.25, -0.2) is 4.98 Å². The number of aromatic nitrogens is 1. The van der Waals surface area contributed by atoms with Gasteiger partial charge in [0.05, 0.1) is 13.7 Å². The first-order chi connectivity index (χ1) is 8.86. The maximum absolute atomic E-state index is 5.94. The smallest absolute Gasteiger partial charge is 0.168 e. The van der Waals surface area contributed by atoms with Gasteiger partial charge in [0.1, 0.15) is 11.9 Å². The highest BCUT2D eigenvalue weighted by atomic mass is 16.5. The molecule has 0 bridgehead atoms. The van der Waals surface area contributed by atoms with Crippen molar-refractivity contribution in [2.75, 3.05) is 19.0 Å². The number of fused-ring (bicyclic) bond motifs is 1. The number of hydrogen-bond acceptors (Lipinski definition) is 4. The van der Waals surface area contributed by atoms with Crippen molar-refractivity contribution in [1.29, 1.82) is 0 Å². The molecule has 0 radical (unpaired) electrons. The number of hydrogen-bond donors (Lipinski definition) is 1. The maximum atomic E-state index is 5.94. The van der Waals surface area contributed by atoms with Crippen molar-refractivity contribution in [1.82, 2.24) is 4.98 Å². The topological polar surface area (TPSA) is 43.4 Å². The summed E-state index contributed by atoms with van der Waals surface area (Å²) >= 11 is 0. The predicted octanol–water partition coefficient (Wildman–Crippen LogP) is 2.64. The normalized spacial score (nSPS) is 17.3. The zero-order chi connectivity index (χ0) is 12.4. The third kappa shape index (κ3) is 1.97. The molecule has 1 aromatic heterocycles. The molecule has 2 aromatic rings. The van der Waals surface area contributed by atoms with Crippen molar-refractivity contribution in [3.63, 3.8) is 0 Å². The van der Waals surface area contributed by atoms with Crippen LogP contribution in [-0.4, -0.2) is 18.6 Å². The Morgan fingerprint density at radius 2 is 2.28 bits per heavy atom. The van der Waals surface area contributed by atoms with Crippen LogP contribution in [0, 0.1) is 0 Å². The van der Waals surface area contributed by atoms with Gasteiger partial charge in [-0.3, -0.25) is 0 Å². The number of benzene rings is 1. The van der Waals surface area contributed by atoms with Gasteiger partial charge in [0, 0.05) is 6.20 Å². The summed E-state index contributed by atoms with van der Waals surface area (Å²) in [6.07, 6.45) is 1.73. The lowest BCUT2D eigenvalue weighted by Gasteiger charge is -2.26. The lowest BCUT2D eigenvalue weighted by atomic mass is 10.1. The summed E-state index contributed by atoms with van der Waals surface area (Å²) < 4.78 is 11.2. The van der Waals surface area contributed by atoms with Gasteiger partial charge >= 0.3 is 0 Å². The van der Waals surface area contributed by atoms with Crippen molar-refractivity contribution < 1.29 is 9.47 Å². The molecule has 0 saturated heterocycles. The first-order valence-corrected chi connectivity index (χ1v) is 5.86. The van der Waals surface area contributed by atoms with Crippen molar-refractivity contribution in [3.8, 4) is 11.5 Å². The van der Waals surface area contributed by atoms with Crippen molar-refractivity contribution in [2.45, 2.75) is 6.10 Å². The lowest BCUT2D eigenvalue weighted by molar-refractivity contribution is 0.208. The van der Waals surface area contributed by atoms with E-state index in [1.807, 2.05) is 36.4 Å². The first-order valence-electron chi connectivity index (χ1n) is 5.86. The van der Waals surface area contributed by atoms with Gasteiger partial charge in [0.15, 0.2) is 11.6 Å². The highest BCUT2D eigenvalue weighted by molar-refractivity contribution is 5.52. The van der Waals surface area contributed by atoms with Crippen LogP contribution in [0.4, 0.5) is 5.82 Å². The van der Waals surface area contributed by atoms with Crippen molar-refractivity contribution in [3.05, 3.63) is 48.2 Å². The molecule has 92 valence electrons. The molecular formula is C14H14N2O2. The predicted molar refractivity (Wildman–Crippen MR) is 69.1 cm³/mol. The summed E-state index contributed by atoms with van der Waals surface area (Å²) in [5.41, 5.74) is 1.09. The van der Waals surface area contributed by atoms with E-state index in [9.17, 15) is 0 Å². The molecule has 4 nitrogen and oxygen atoms in total. The SMILES string of the molecule is COc1cccc(C2CNc3ncccc3O2)c1. The van der Waals surface area contributed by atoms with Gasteiger partial charge in [-0.15, -0.1) is 0 Å². The van der Waals surface area contributed by atoms with Crippen molar-refractivity contribution >= 4 is 5.82 Å². The number of nitrogens with zero attached hydrogens (tertiary/aromatic N) is 1. The van der Waals surface area contributed by atoms with Crippen molar-refractivity contribution in [2.24, 2.45) is 0 Å². The monoisotopic (exact) mass is 242 g/mol. The highest BCUT2D eigenvalue weighted by Crippen LogP contribution is 2.32. The molecule has 18 heavy (non-hydrogen) atoms. The number of methoxy groups -OCH3 is 1. The van der Waals surface area contributed by atoms with E-state index in [4.69, 9.17) is 9.47 Å². The summed E-state index contributed by atoms with van der Waals surface area (Å²) in [6, 6.07) is 11.7. The van der Waals surface area contributed by atoms with Crippen LogP contribution in [0.5, 0.6) is 11.5 Å². The molecule has 0 spiro atoms. The Morgan fingerprint density at radius 3 is 3.17 bits per heavy atom. The third-order valence-electron chi connectivity index (χ3n) is 2.96. The quantitative estimate of drug-likeness (QED) is 0.879. The molecular weight excluding hydrogens is 228 g/mol. The standard InChI is InChI=1S/C14H14N2O2/c1-17-11-5-2-4-10(8-11)13-9-16-14-12(18-13)6-3-7-15-14/h2-8,13H,9H2,1H3,(H,15,16). The fourth-order valence-corrected chi connectivity index (χ4v) is 2.03. The van der Waals surface area contributed by atoms with Crippen LogP contribution < -0.4 is 14.8 Å². The van der Waals surface area contributed by atoms with Crippen LogP contribution in [0.25, 0.3) is 0 Å². The maximum Gasteiger partial charge on any atom is 0.168 e. The zero-order valence-corrected chi connectivity index (χ0v) is 10.1. The Labute approximate surface area is 106 Å². The summed E-state index contributed by atoms with van der Waals surface area (Å²) in [6.45, 7) is 0.706. The minimum atomic E-state index is -0.0169. The molecule has 0 aliphatic carbocycles. The summed E-state index contributed by atoms with van der Waals surface area (Å²) in [5.74, 6) is 2.43. The van der Waals surface area contributed by atoms with Crippen LogP contribution in [0.1, 0.15) is 11.7 Å². The van der Waals surface area contributed by atoms with Gasteiger partial charge in [-0.1, -0.05) is 12.1 Å². The van der Waals surface area contributed by atoms with E-state index in [-0.39, 0.29) is 6.10 Å². The van der Waals surface area contributed by atoms with E-state index < -0.39 is 0 Å². The summed E-state index contributed by atoms with van der Waals surface area (Å²) in [4.78, 5) is 4.22. The van der Waals surface area contributed by atoms with Crippen LogP contribution in [0.15, 0.2) is 42.6 Å². The van der Waals surface area contributed by atoms with E-state index in [1.165, 1.54) is 0 Å². The number of pyridine rings is 1. The summed E-state index contributed by atoms with van der Waals surface area (Å²) in [5, 5.41) is 3.27. The lowest BCUT2D eigenvalue weighted by Crippen LogP contribution is -2.24. The van der Waals surface area contributed by atoms with Crippen LogP contribution >= 0.6 is 0 Å². The minimum absolute atomic E-state index is 0.0169. The number of ether oxygens (including phenoxy) is 2. The molecule has 0 saturated carbocycles. The average molecular weight is 242 g/mol. The second kappa shape index (κ2) is 4.56. The first kappa shape index (κ1) is 10.9. The van der Waals surface area contributed by atoms with E-state index in [0.717, 1.165) is 22.9 Å². The van der Waals surface area contributed by atoms with Gasteiger partial charge in [0.25, 0.3) is 0 Å². The van der Waals surface area contributed by atoms with Crippen LogP contribution in [0.2, 0.25) is 0 Å². The Kier molecular flexibility index (Phi) is 2.76. The Hall–Kier alpha value is -2.23. The van der Waals surface area contributed by atoms with E-state index >= 15 is 0 Å². The van der Waals surface area contributed by atoms with E-state index in [0.29, 0.717) is 6.54 Å². The summed E-state index contributed by atoms with van der Waals surface area (Å²) in [7, 11) is 1.66. The van der Waals surface area contributed by atoms with E-state index in [1.54, 1.807) is 13.3 Å². The number of anilines is 1. The van der Waals surface area contributed by atoms with Gasteiger partial charge in [-0.05, 0) is 29.8 Å². The molecule has 0 fully saturated rings. The second-order valence-electron chi connectivity index (χ2n) is 4.11. The molecule has 1 N–H and O–H groups in total. The van der Waals surface area contributed by atoms with Crippen LogP contribution in [0.3, 0.4) is 0 Å². The molecule has 1 aliphatic rings. The molecule has 4 heteroatoms. The minimum Gasteiger partial charge on any atom is -0.497 e. The Balaban J connectivity index is 1.87. The Morgan fingerprint density at radius 1 is 1.33 bits per heavy atom. The zero-order valence-electron chi connectivity index (χ0n) is 10.1. The van der Waals surface area contributed by atoms with Gasteiger partial charge < -0.3 is 14.8 Å². The molecule has 1 aliphatic heterocycles. The average Bonchev–Trinajstić information content (AvgIpc) is 2.47. The van der Waals surface area contributed by atoms with Gasteiger partial charge in [-0.2, -0.15) is 0 Å². The van der Waals surface area contributed by atoms with Gasteiger partial charge in [0.2, 0.25) is 0 Å². The number of nitrogens with one attached hydrogen (secondary N) is 1. The Bertz CT molecular complexity index is 557. The van der Waals surface area contributed by atoms with Crippen LogP contribution in [-0.2, 0) is 0 Å². The highest BCUT2D eigenvalue weighted by Gasteiger charge is 2.21. The molecule has 1 unspecified atom stereocenters. The largest absolute Gasteiger partial charge is 0.497 e. The second-order valence-corrected chi connectivity index (χ2v) is 4.11. The third-order valence-corrected chi connectivity index (χ3v) is 2.96. The molecule has 2 heterocycles. The molecule has 3 rings (SSSR count). The number of rotatable bonds is 2. The van der Waals surface area contributed by atoms with E-state index in [2.05, 4.69) is 10.3 Å². The fourth-order valence-electron chi connectivity index (χ4n) is 2.03. The molecule has 1 aromatic carbocycles. The molecule has 0 amide bonds.